The fourth-order valence-electron chi connectivity index (χ4n) is 1.59. The van der Waals surface area contributed by atoms with Crippen LogP contribution in [0.3, 0.4) is 0 Å². The minimum Gasteiger partial charge on any atom is -0.426 e. The van der Waals surface area contributed by atoms with Crippen LogP contribution in [0.15, 0.2) is 60.7 Å². The molecule has 2 nitrogen and oxygen atoms in total. The lowest BCUT2D eigenvalue weighted by Crippen LogP contribution is -2.24. The van der Waals surface area contributed by atoms with Gasteiger partial charge in [0.15, 0.2) is 0 Å². The largest absolute Gasteiger partial charge is 0.426 e. The van der Waals surface area contributed by atoms with Crippen molar-refractivity contribution in [1.82, 2.24) is 0 Å². The lowest BCUT2D eigenvalue weighted by molar-refractivity contribution is -0.133. The van der Waals surface area contributed by atoms with Gasteiger partial charge in [0.1, 0.15) is 10.6 Å². The molecule has 2 aromatic rings. The van der Waals surface area contributed by atoms with Crippen molar-refractivity contribution in [2.24, 2.45) is 0 Å². The van der Waals surface area contributed by atoms with Crippen molar-refractivity contribution >= 4 is 37.8 Å². The highest BCUT2D eigenvalue weighted by Crippen LogP contribution is 2.32. The topological polar surface area (TPSA) is 26.3 Å². The minimum atomic E-state index is -0.449. The lowest BCUT2D eigenvalue weighted by atomic mass is 10.1. The van der Waals surface area contributed by atoms with Gasteiger partial charge in [-0.1, -0.05) is 80.4 Å². The molecule has 4 heteroatoms. The Hall–Kier alpha value is -1.13. The molecule has 0 spiro atoms. The summed E-state index contributed by atoms with van der Waals surface area (Å²) < 4.78 is 5.30. The summed E-state index contributed by atoms with van der Waals surface area (Å²) in [5.41, 5.74) is 1.02. The molecule has 0 amide bonds. The number of carbonyl (C=O) groups is 1. The van der Waals surface area contributed by atoms with Crippen LogP contribution in [-0.4, -0.2) is 10.8 Å². The fraction of sp³-hybridized carbons (Fsp3) is 0.133. The first-order valence-electron chi connectivity index (χ1n) is 5.78. The highest BCUT2D eigenvalue weighted by molar-refractivity contribution is 9.12. The standard InChI is InChI=1S/C15H12Br2O2/c16-13(11-7-3-1-4-8-11)14(17)15(18)19-12-9-5-2-6-10-12/h1-10,13-14H. The number of benzene rings is 2. The second-order valence-corrected chi connectivity index (χ2v) is 5.92. The summed E-state index contributed by atoms with van der Waals surface area (Å²) in [5.74, 6) is 0.224. The molecule has 0 saturated carbocycles. The van der Waals surface area contributed by atoms with Crippen molar-refractivity contribution in [3.8, 4) is 5.75 Å². The first kappa shape index (κ1) is 14.3. The number of hydrogen-bond donors (Lipinski definition) is 0. The molecule has 2 rings (SSSR count). The van der Waals surface area contributed by atoms with Crippen LogP contribution in [0.25, 0.3) is 0 Å². The molecule has 0 N–H and O–H groups in total. The maximum Gasteiger partial charge on any atom is 0.326 e. The number of rotatable bonds is 4. The van der Waals surface area contributed by atoms with E-state index in [1.165, 1.54) is 0 Å². The van der Waals surface area contributed by atoms with E-state index in [-0.39, 0.29) is 10.8 Å². The Labute approximate surface area is 129 Å². The highest BCUT2D eigenvalue weighted by atomic mass is 79.9. The van der Waals surface area contributed by atoms with Gasteiger partial charge >= 0.3 is 5.97 Å². The van der Waals surface area contributed by atoms with E-state index in [1.807, 2.05) is 48.5 Å². The first-order valence-corrected chi connectivity index (χ1v) is 7.61. The van der Waals surface area contributed by atoms with E-state index in [0.717, 1.165) is 5.56 Å². The number of carbonyl (C=O) groups excluding carboxylic acids is 1. The van der Waals surface area contributed by atoms with Crippen molar-refractivity contribution in [2.45, 2.75) is 9.65 Å². The summed E-state index contributed by atoms with van der Waals surface area (Å²) >= 11 is 6.90. The first-order chi connectivity index (χ1) is 9.18. The molecule has 98 valence electrons. The average molecular weight is 384 g/mol. The number of esters is 1. The number of halogens is 2. The molecule has 0 aliphatic heterocycles. The van der Waals surface area contributed by atoms with Crippen molar-refractivity contribution in [3.05, 3.63) is 66.2 Å². The quantitative estimate of drug-likeness (QED) is 0.441. The van der Waals surface area contributed by atoms with E-state index in [4.69, 9.17) is 4.74 Å². The van der Waals surface area contributed by atoms with Crippen LogP contribution in [0, 0.1) is 0 Å². The zero-order valence-corrected chi connectivity index (χ0v) is 13.2. The Kier molecular flexibility index (Phi) is 5.16. The maximum atomic E-state index is 12.0. The third-order valence-corrected chi connectivity index (χ3v) is 5.23. The summed E-state index contributed by atoms with van der Waals surface area (Å²) in [6.07, 6.45) is 0. The smallest absolute Gasteiger partial charge is 0.326 e. The zero-order chi connectivity index (χ0) is 13.7. The van der Waals surface area contributed by atoms with Crippen LogP contribution in [0.2, 0.25) is 0 Å². The van der Waals surface area contributed by atoms with Crippen molar-refractivity contribution in [2.75, 3.05) is 0 Å². The summed E-state index contributed by atoms with van der Waals surface area (Å²) in [5, 5.41) is 0. The summed E-state index contributed by atoms with van der Waals surface area (Å²) in [7, 11) is 0. The Bertz CT molecular complexity index is 528. The van der Waals surface area contributed by atoms with Gasteiger partial charge in [0.25, 0.3) is 0 Å². The monoisotopic (exact) mass is 382 g/mol. The normalized spacial score (nSPS) is 13.6. The Morgan fingerprint density at radius 1 is 0.895 bits per heavy atom. The molecule has 0 aliphatic rings. The van der Waals surface area contributed by atoms with Crippen LogP contribution in [0.5, 0.6) is 5.75 Å². The number of ether oxygens (including phenoxy) is 1. The fourth-order valence-corrected chi connectivity index (χ4v) is 2.51. The van der Waals surface area contributed by atoms with E-state index in [0.29, 0.717) is 5.75 Å². The van der Waals surface area contributed by atoms with Crippen LogP contribution in [0.4, 0.5) is 0 Å². The molecule has 19 heavy (non-hydrogen) atoms. The van der Waals surface area contributed by atoms with E-state index >= 15 is 0 Å². The van der Waals surface area contributed by atoms with E-state index in [9.17, 15) is 4.79 Å². The number of hydrogen-bond acceptors (Lipinski definition) is 2. The molecule has 0 saturated heterocycles. The molecule has 0 heterocycles. The molecule has 0 aliphatic carbocycles. The van der Waals surface area contributed by atoms with Gasteiger partial charge in [-0.15, -0.1) is 0 Å². The van der Waals surface area contributed by atoms with Crippen LogP contribution in [-0.2, 0) is 4.79 Å². The van der Waals surface area contributed by atoms with E-state index in [1.54, 1.807) is 12.1 Å². The summed E-state index contributed by atoms with van der Waals surface area (Å²) in [6.45, 7) is 0. The van der Waals surface area contributed by atoms with Crippen LogP contribution >= 0.6 is 31.9 Å². The summed E-state index contributed by atoms with van der Waals surface area (Å²) in [6, 6.07) is 18.8. The van der Waals surface area contributed by atoms with Gasteiger partial charge in [0, 0.05) is 0 Å². The van der Waals surface area contributed by atoms with Gasteiger partial charge in [-0.2, -0.15) is 0 Å². The van der Waals surface area contributed by atoms with Crippen molar-refractivity contribution in [3.63, 3.8) is 0 Å². The van der Waals surface area contributed by atoms with Gasteiger partial charge in [-0.3, -0.25) is 4.79 Å². The zero-order valence-electron chi connectivity index (χ0n) is 10.0. The Balaban J connectivity index is 2.03. The predicted molar refractivity (Wildman–Crippen MR) is 82.9 cm³/mol. The van der Waals surface area contributed by atoms with Gasteiger partial charge in [-0.05, 0) is 17.7 Å². The van der Waals surface area contributed by atoms with Gasteiger partial charge in [0.2, 0.25) is 0 Å². The van der Waals surface area contributed by atoms with E-state index < -0.39 is 4.83 Å². The van der Waals surface area contributed by atoms with Gasteiger partial charge in [-0.25, -0.2) is 0 Å². The number of para-hydroxylation sites is 1. The summed E-state index contributed by atoms with van der Waals surface area (Å²) in [4.78, 5) is 11.4. The maximum absolute atomic E-state index is 12.0. The van der Waals surface area contributed by atoms with Crippen LogP contribution < -0.4 is 4.74 Å². The third-order valence-electron chi connectivity index (χ3n) is 2.56. The molecule has 0 fully saturated rings. The van der Waals surface area contributed by atoms with Crippen molar-refractivity contribution < 1.29 is 9.53 Å². The molecular weight excluding hydrogens is 372 g/mol. The highest BCUT2D eigenvalue weighted by Gasteiger charge is 2.26. The molecular formula is C15H12Br2O2. The van der Waals surface area contributed by atoms with Gasteiger partial charge in [0.05, 0.1) is 4.83 Å². The van der Waals surface area contributed by atoms with Crippen molar-refractivity contribution in [1.29, 1.82) is 0 Å². The molecule has 0 aromatic heterocycles. The minimum absolute atomic E-state index is 0.134. The Morgan fingerprint density at radius 2 is 1.42 bits per heavy atom. The second-order valence-electron chi connectivity index (χ2n) is 3.95. The van der Waals surface area contributed by atoms with Crippen LogP contribution in [0.1, 0.15) is 10.4 Å². The lowest BCUT2D eigenvalue weighted by Gasteiger charge is -2.16. The molecule has 2 aromatic carbocycles. The Morgan fingerprint density at radius 3 is 2.00 bits per heavy atom. The van der Waals surface area contributed by atoms with Gasteiger partial charge < -0.3 is 4.74 Å². The average Bonchev–Trinajstić information content (AvgIpc) is 2.47. The number of alkyl halides is 2. The SMILES string of the molecule is O=C(Oc1ccccc1)C(Br)C(Br)c1ccccc1. The molecule has 0 bridgehead atoms. The second kappa shape index (κ2) is 6.87. The third kappa shape index (κ3) is 3.91. The molecule has 2 unspecified atom stereocenters. The molecule has 0 radical (unpaired) electrons. The van der Waals surface area contributed by atoms with E-state index in [2.05, 4.69) is 31.9 Å². The predicted octanol–water partition coefficient (Wildman–Crippen LogP) is 4.49. The molecule has 2 atom stereocenters.